The smallest absolute Gasteiger partial charge is 0.316 e. The van der Waals surface area contributed by atoms with E-state index in [1.54, 1.807) is 43.2 Å². The number of aromatic nitrogens is 2. The van der Waals surface area contributed by atoms with Gasteiger partial charge in [0.2, 0.25) is 11.7 Å². The van der Waals surface area contributed by atoms with E-state index in [9.17, 15) is 9.18 Å². The zero-order valence-corrected chi connectivity index (χ0v) is 16.7. The number of ether oxygens (including phenoxy) is 3. The quantitative estimate of drug-likeness (QED) is 0.655. The zero-order chi connectivity index (χ0) is 21.0. The summed E-state index contributed by atoms with van der Waals surface area (Å²) in [5, 5.41) is 3.16. The Balaban J connectivity index is 2.04. The Morgan fingerprint density at radius 3 is 2.38 bits per heavy atom. The van der Waals surface area contributed by atoms with E-state index in [1.807, 2.05) is 13.0 Å². The summed E-state index contributed by atoms with van der Waals surface area (Å²) in [5.41, 5.74) is 1.76. The summed E-state index contributed by atoms with van der Waals surface area (Å²) in [4.78, 5) is 16.3. The topological polar surface area (TPSA) is 74.6 Å². The predicted molar refractivity (Wildman–Crippen MR) is 108 cm³/mol. The van der Waals surface area contributed by atoms with Crippen molar-refractivity contribution in [3.8, 4) is 17.2 Å². The highest BCUT2D eigenvalue weighted by atomic mass is 19.1. The van der Waals surface area contributed by atoms with Crippen LogP contribution in [0.15, 0.2) is 47.4 Å². The third-order valence-corrected chi connectivity index (χ3v) is 4.40. The molecule has 1 heterocycles. The molecule has 0 amide bonds. The molecule has 3 rings (SSSR count). The van der Waals surface area contributed by atoms with Crippen LogP contribution in [0.3, 0.4) is 0 Å². The number of nitrogens with zero attached hydrogens (tertiary/aromatic N) is 2. The van der Waals surface area contributed by atoms with Gasteiger partial charge < -0.3 is 24.1 Å². The lowest BCUT2D eigenvalue weighted by atomic mass is 10.1. The lowest BCUT2D eigenvalue weighted by Crippen LogP contribution is -2.19. The van der Waals surface area contributed by atoms with E-state index in [0.717, 1.165) is 5.56 Å². The van der Waals surface area contributed by atoms with Crippen molar-refractivity contribution in [2.75, 3.05) is 26.6 Å². The van der Waals surface area contributed by atoms with Crippen LogP contribution < -0.4 is 25.1 Å². The molecule has 7 nitrogen and oxygen atoms in total. The number of rotatable bonds is 7. The second-order valence-corrected chi connectivity index (χ2v) is 6.34. The molecule has 0 saturated heterocycles. The molecule has 152 valence electrons. The van der Waals surface area contributed by atoms with Gasteiger partial charge in [-0.2, -0.15) is 4.98 Å². The first-order valence-electron chi connectivity index (χ1n) is 8.84. The van der Waals surface area contributed by atoms with Gasteiger partial charge >= 0.3 is 5.56 Å². The first kappa shape index (κ1) is 20.2. The van der Waals surface area contributed by atoms with Gasteiger partial charge in [-0.05, 0) is 36.2 Å². The van der Waals surface area contributed by atoms with Gasteiger partial charge in [-0.25, -0.2) is 4.39 Å². The van der Waals surface area contributed by atoms with E-state index in [4.69, 9.17) is 14.2 Å². The fourth-order valence-corrected chi connectivity index (χ4v) is 2.90. The average molecular weight is 399 g/mol. The van der Waals surface area contributed by atoms with Crippen molar-refractivity contribution >= 4 is 11.6 Å². The van der Waals surface area contributed by atoms with Crippen molar-refractivity contribution in [1.29, 1.82) is 0 Å². The first-order valence-corrected chi connectivity index (χ1v) is 8.84. The van der Waals surface area contributed by atoms with Gasteiger partial charge in [0.05, 0.1) is 34.1 Å². The van der Waals surface area contributed by atoms with Gasteiger partial charge in [-0.15, -0.1) is 0 Å². The minimum Gasteiger partial charge on any atom is -0.493 e. The van der Waals surface area contributed by atoms with Gasteiger partial charge in [0.25, 0.3) is 0 Å². The minimum absolute atomic E-state index is 0.0935. The van der Waals surface area contributed by atoms with Crippen molar-refractivity contribution in [2.24, 2.45) is 0 Å². The van der Waals surface area contributed by atoms with E-state index in [0.29, 0.717) is 22.7 Å². The van der Waals surface area contributed by atoms with Crippen molar-refractivity contribution in [2.45, 2.75) is 13.5 Å². The van der Waals surface area contributed by atoms with Crippen molar-refractivity contribution in [3.63, 3.8) is 0 Å². The van der Waals surface area contributed by atoms with E-state index < -0.39 is 5.56 Å². The van der Waals surface area contributed by atoms with Crippen LogP contribution >= 0.6 is 0 Å². The summed E-state index contributed by atoms with van der Waals surface area (Å²) < 4.78 is 31.1. The second kappa shape index (κ2) is 8.64. The van der Waals surface area contributed by atoms with Crippen molar-refractivity contribution in [3.05, 3.63) is 69.9 Å². The summed E-state index contributed by atoms with van der Waals surface area (Å²) >= 11 is 0. The SMILES string of the molecule is COc1cc(C)c(Nc2nc(=O)c(OC)cn2Cc2cccc(F)c2)cc1OC. The zero-order valence-electron chi connectivity index (χ0n) is 16.7. The highest BCUT2D eigenvalue weighted by Crippen LogP contribution is 2.34. The fourth-order valence-electron chi connectivity index (χ4n) is 2.90. The molecule has 0 aliphatic heterocycles. The van der Waals surface area contributed by atoms with E-state index >= 15 is 0 Å². The number of benzene rings is 2. The standard InChI is InChI=1S/C21H22FN3O4/c1-13-8-17(27-2)18(28-3)10-16(13)23-21-24-20(26)19(29-4)12-25(21)11-14-6-5-7-15(22)9-14/h5-10,12H,11H2,1-4H3,(H,23,24,26). The molecule has 0 aliphatic rings. The van der Waals surface area contributed by atoms with Gasteiger partial charge in [0, 0.05) is 11.8 Å². The summed E-state index contributed by atoms with van der Waals surface area (Å²) in [5.74, 6) is 1.17. The Hall–Kier alpha value is -3.55. The molecule has 29 heavy (non-hydrogen) atoms. The molecule has 0 spiro atoms. The van der Waals surface area contributed by atoms with E-state index in [-0.39, 0.29) is 24.1 Å². The van der Waals surface area contributed by atoms with Crippen LogP contribution in [0.25, 0.3) is 0 Å². The molecular weight excluding hydrogens is 377 g/mol. The lowest BCUT2D eigenvalue weighted by Gasteiger charge is -2.18. The van der Waals surface area contributed by atoms with Crippen LogP contribution in [0.1, 0.15) is 11.1 Å². The number of methoxy groups -OCH3 is 3. The molecule has 0 saturated carbocycles. The van der Waals surface area contributed by atoms with Gasteiger partial charge in [0.15, 0.2) is 11.5 Å². The minimum atomic E-state index is -0.511. The molecule has 1 aromatic heterocycles. The summed E-state index contributed by atoms with van der Waals surface area (Å²) in [7, 11) is 4.51. The maximum atomic E-state index is 13.6. The molecule has 2 aromatic carbocycles. The number of aryl methyl sites for hydroxylation is 1. The molecule has 8 heteroatoms. The third kappa shape index (κ3) is 4.48. The average Bonchev–Trinajstić information content (AvgIpc) is 2.71. The van der Waals surface area contributed by atoms with Crippen LogP contribution in [0.4, 0.5) is 16.0 Å². The van der Waals surface area contributed by atoms with Crippen LogP contribution in [0, 0.1) is 12.7 Å². The second-order valence-electron chi connectivity index (χ2n) is 6.34. The summed E-state index contributed by atoms with van der Waals surface area (Å²) in [6.45, 7) is 2.18. The Bertz CT molecular complexity index is 1080. The normalized spacial score (nSPS) is 10.5. The molecular formula is C21H22FN3O4. The first-order chi connectivity index (χ1) is 13.9. The van der Waals surface area contributed by atoms with Gasteiger partial charge in [-0.1, -0.05) is 12.1 Å². The highest BCUT2D eigenvalue weighted by molar-refractivity contribution is 5.64. The predicted octanol–water partition coefficient (Wildman–Crippen LogP) is 3.51. The van der Waals surface area contributed by atoms with E-state index in [2.05, 4.69) is 10.3 Å². The maximum absolute atomic E-state index is 13.6. The fraction of sp³-hybridized carbons (Fsp3) is 0.238. The van der Waals surface area contributed by atoms with Crippen LogP contribution in [-0.4, -0.2) is 30.9 Å². The molecule has 0 radical (unpaired) electrons. The van der Waals surface area contributed by atoms with Crippen LogP contribution in [0.5, 0.6) is 17.2 Å². The highest BCUT2D eigenvalue weighted by Gasteiger charge is 2.14. The summed E-state index contributed by atoms with van der Waals surface area (Å²) in [6, 6.07) is 9.80. The largest absolute Gasteiger partial charge is 0.493 e. The molecule has 0 bridgehead atoms. The maximum Gasteiger partial charge on any atom is 0.316 e. The van der Waals surface area contributed by atoms with Crippen molar-refractivity contribution < 1.29 is 18.6 Å². The lowest BCUT2D eigenvalue weighted by molar-refractivity contribution is 0.355. The van der Waals surface area contributed by atoms with Crippen LogP contribution in [-0.2, 0) is 6.54 Å². The number of halogens is 1. The molecule has 3 aromatic rings. The molecule has 1 N–H and O–H groups in total. The number of nitrogens with one attached hydrogen (secondary N) is 1. The third-order valence-electron chi connectivity index (χ3n) is 4.40. The Kier molecular flexibility index (Phi) is 6.01. The Morgan fingerprint density at radius 1 is 1.03 bits per heavy atom. The van der Waals surface area contributed by atoms with Crippen LogP contribution in [0.2, 0.25) is 0 Å². The molecule has 0 unspecified atom stereocenters. The molecule has 0 fully saturated rings. The summed E-state index contributed by atoms with van der Waals surface area (Å²) in [6.07, 6.45) is 1.54. The van der Waals surface area contributed by atoms with Gasteiger partial charge in [0.1, 0.15) is 5.82 Å². The van der Waals surface area contributed by atoms with Gasteiger partial charge in [-0.3, -0.25) is 4.79 Å². The molecule has 0 aliphatic carbocycles. The number of hydrogen-bond acceptors (Lipinski definition) is 6. The number of anilines is 2. The molecule has 0 atom stereocenters. The Labute approximate surface area is 167 Å². The van der Waals surface area contributed by atoms with E-state index in [1.165, 1.54) is 19.2 Å². The number of hydrogen-bond donors (Lipinski definition) is 1. The Morgan fingerprint density at radius 2 is 1.72 bits per heavy atom. The monoisotopic (exact) mass is 399 g/mol. The van der Waals surface area contributed by atoms with Crippen molar-refractivity contribution in [1.82, 2.24) is 9.55 Å².